The van der Waals surface area contributed by atoms with Gasteiger partial charge in [-0.2, -0.15) is 0 Å². The Hall–Kier alpha value is -1.55. The molecule has 1 saturated heterocycles. The van der Waals surface area contributed by atoms with Gasteiger partial charge < -0.3 is 15.3 Å². The number of piperazine rings is 1. The minimum atomic E-state index is -0.745. The molecule has 0 atom stereocenters. The van der Waals surface area contributed by atoms with Gasteiger partial charge in [0.25, 0.3) is 0 Å². The van der Waals surface area contributed by atoms with Crippen molar-refractivity contribution in [1.82, 2.24) is 5.32 Å². The Morgan fingerprint density at radius 3 is 2.29 bits per heavy atom. The maximum absolute atomic E-state index is 9.37. The summed E-state index contributed by atoms with van der Waals surface area (Å²) in [5.74, 6) is -0.745. The van der Waals surface area contributed by atoms with Crippen molar-refractivity contribution in [1.29, 1.82) is 0 Å². The Kier molecular flexibility index (Phi) is 6.10. The number of carbonyl (C=O) groups is 1. The van der Waals surface area contributed by atoms with E-state index < -0.39 is 5.97 Å². The van der Waals surface area contributed by atoms with Crippen molar-refractivity contribution in [3.8, 4) is 0 Å². The molecule has 4 nitrogen and oxygen atoms in total. The predicted molar refractivity (Wildman–Crippen MR) is 69.5 cm³/mol. The van der Waals surface area contributed by atoms with Crippen molar-refractivity contribution >= 4 is 11.7 Å². The fourth-order valence-corrected chi connectivity index (χ4v) is 1.56. The molecule has 1 aliphatic heterocycles. The number of aliphatic carboxylic acids is 1. The summed E-state index contributed by atoms with van der Waals surface area (Å²) in [7, 11) is 0. The van der Waals surface area contributed by atoms with E-state index in [1.165, 1.54) is 5.69 Å². The summed E-state index contributed by atoms with van der Waals surface area (Å²) in [6.45, 7) is 6.07. The number of para-hydroxylation sites is 1. The topological polar surface area (TPSA) is 52.6 Å². The van der Waals surface area contributed by atoms with Crippen molar-refractivity contribution in [3.63, 3.8) is 0 Å². The largest absolute Gasteiger partial charge is 0.481 e. The van der Waals surface area contributed by atoms with Crippen LogP contribution < -0.4 is 10.2 Å². The highest BCUT2D eigenvalue weighted by Crippen LogP contribution is 2.12. The first-order valence-electron chi connectivity index (χ1n) is 5.96. The van der Waals surface area contributed by atoms with Gasteiger partial charge in [0.15, 0.2) is 0 Å². The van der Waals surface area contributed by atoms with E-state index in [-0.39, 0.29) is 6.42 Å². The zero-order chi connectivity index (χ0) is 12.5. The first kappa shape index (κ1) is 13.5. The number of carboxylic acids is 1. The number of anilines is 1. The van der Waals surface area contributed by atoms with Gasteiger partial charge in [-0.25, -0.2) is 0 Å². The molecule has 0 radical (unpaired) electrons. The highest BCUT2D eigenvalue weighted by molar-refractivity contribution is 5.66. The van der Waals surface area contributed by atoms with Crippen molar-refractivity contribution in [2.75, 3.05) is 31.1 Å². The van der Waals surface area contributed by atoms with E-state index in [4.69, 9.17) is 5.11 Å². The predicted octanol–water partition coefficient (Wildman–Crippen LogP) is 1.58. The number of hydrogen-bond donors (Lipinski definition) is 2. The maximum atomic E-state index is 9.37. The molecule has 1 aliphatic rings. The quantitative estimate of drug-likeness (QED) is 0.818. The smallest absolute Gasteiger partial charge is 0.303 e. The Labute approximate surface area is 102 Å². The number of rotatable bonds is 2. The number of hydrogen-bond acceptors (Lipinski definition) is 3. The molecule has 94 valence electrons. The monoisotopic (exact) mass is 236 g/mol. The average Bonchev–Trinajstić information content (AvgIpc) is 2.41. The van der Waals surface area contributed by atoms with Gasteiger partial charge in [0, 0.05) is 38.3 Å². The molecule has 0 saturated carbocycles. The number of carboxylic acid groups (broad SMARTS) is 1. The summed E-state index contributed by atoms with van der Waals surface area (Å²) in [5.41, 5.74) is 1.35. The lowest BCUT2D eigenvalue weighted by molar-refractivity contribution is -0.136. The minimum Gasteiger partial charge on any atom is -0.481 e. The van der Waals surface area contributed by atoms with Crippen LogP contribution in [0, 0.1) is 0 Å². The Balaban J connectivity index is 0.000000249. The summed E-state index contributed by atoms with van der Waals surface area (Å²) >= 11 is 0. The van der Waals surface area contributed by atoms with Crippen LogP contribution in [0.25, 0.3) is 0 Å². The van der Waals surface area contributed by atoms with E-state index in [2.05, 4.69) is 40.5 Å². The molecule has 2 rings (SSSR count). The van der Waals surface area contributed by atoms with Crippen LogP contribution in [0.1, 0.15) is 13.3 Å². The number of nitrogens with one attached hydrogen (secondary N) is 1. The van der Waals surface area contributed by atoms with Crippen LogP contribution in [0.15, 0.2) is 30.3 Å². The fraction of sp³-hybridized carbons (Fsp3) is 0.462. The normalized spacial score (nSPS) is 14.8. The van der Waals surface area contributed by atoms with E-state index in [0.717, 1.165) is 26.2 Å². The lowest BCUT2D eigenvalue weighted by atomic mass is 10.2. The van der Waals surface area contributed by atoms with Crippen LogP contribution in [-0.4, -0.2) is 37.3 Å². The SMILES string of the molecule is CCC(=O)O.c1ccc(N2CCNCC2)cc1. The fourth-order valence-electron chi connectivity index (χ4n) is 1.56. The third-order valence-corrected chi connectivity index (χ3v) is 2.54. The van der Waals surface area contributed by atoms with Gasteiger partial charge in [-0.1, -0.05) is 25.1 Å². The molecule has 0 amide bonds. The summed E-state index contributed by atoms with van der Waals surface area (Å²) in [5, 5.41) is 11.1. The van der Waals surface area contributed by atoms with E-state index in [9.17, 15) is 4.79 Å². The zero-order valence-electron chi connectivity index (χ0n) is 10.2. The van der Waals surface area contributed by atoms with Crippen molar-refractivity contribution in [3.05, 3.63) is 30.3 Å². The molecule has 1 heterocycles. The van der Waals surface area contributed by atoms with E-state index in [1.54, 1.807) is 6.92 Å². The second kappa shape index (κ2) is 7.68. The molecule has 0 spiro atoms. The lowest BCUT2D eigenvalue weighted by Crippen LogP contribution is -2.43. The van der Waals surface area contributed by atoms with Gasteiger partial charge in [-0.15, -0.1) is 0 Å². The summed E-state index contributed by atoms with van der Waals surface area (Å²) in [6.07, 6.45) is 0.222. The maximum Gasteiger partial charge on any atom is 0.303 e. The average molecular weight is 236 g/mol. The Bertz CT molecular complexity index is 321. The lowest BCUT2D eigenvalue weighted by Gasteiger charge is -2.29. The second-order valence-corrected chi connectivity index (χ2v) is 3.82. The first-order chi connectivity index (χ1) is 8.24. The Morgan fingerprint density at radius 2 is 1.82 bits per heavy atom. The van der Waals surface area contributed by atoms with Crippen LogP contribution >= 0.6 is 0 Å². The molecule has 2 N–H and O–H groups in total. The van der Waals surface area contributed by atoms with Crippen LogP contribution in [0.4, 0.5) is 5.69 Å². The molecule has 1 aromatic rings. The highest BCUT2D eigenvalue weighted by atomic mass is 16.4. The number of benzene rings is 1. The standard InChI is InChI=1S/C10H14N2.C3H6O2/c1-2-4-10(5-3-1)12-8-6-11-7-9-12;1-2-3(4)5/h1-5,11H,6-9H2;2H2,1H3,(H,4,5). The number of nitrogens with zero attached hydrogens (tertiary/aromatic N) is 1. The molecule has 0 unspecified atom stereocenters. The van der Waals surface area contributed by atoms with Crippen LogP contribution in [0.5, 0.6) is 0 Å². The van der Waals surface area contributed by atoms with E-state index in [0.29, 0.717) is 0 Å². The molecule has 0 aromatic heterocycles. The summed E-state index contributed by atoms with van der Waals surface area (Å²) in [4.78, 5) is 11.8. The molecular weight excluding hydrogens is 216 g/mol. The third-order valence-electron chi connectivity index (χ3n) is 2.54. The van der Waals surface area contributed by atoms with Gasteiger partial charge in [-0.3, -0.25) is 4.79 Å². The van der Waals surface area contributed by atoms with Crippen LogP contribution in [0.3, 0.4) is 0 Å². The van der Waals surface area contributed by atoms with Crippen molar-refractivity contribution in [2.24, 2.45) is 0 Å². The van der Waals surface area contributed by atoms with E-state index in [1.807, 2.05) is 0 Å². The Morgan fingerprint density at radius 1 is 1.29 bits per heavy atom. The highest BCUT2D eigenvalue weighted by Gasteiger charge is 2.08. The van der Waals surface area contributed by atoms with Gasteiger partial charge in [0.1, 0.15) is 0 Å². The zero-order valence-corrected chi connectivity index (χ0v) is 10.2. The molecular formula is C13H20N2O2. The van der Waals surface area contributed by atoms with Crippen molar-refractivity contribution < 1.29 is 9.90 Å². The van der Waals surface area contributed by atoms with Crippen LogP contribution in [0.2, 0.25) is 0 Å². The van der Waals surface area contributed by atoms with Gasteiger partial charge in [0.2, 0.25) is 0 Å². The molecule has 0 aliphatic carbocycles. The third kappa shape index (κ3) is 5.36. The molecule has 17 heavy (non-hydrogen) atoms. The van der Waals surface area contributed by atoms with E-state index >= 15 is 0 Å². The molecule has 1 aromatic carbocycles. The molecule has 4 heteroatoms. The van der Waals surface area contributed by atoms with Gasteiger partial charge >= 0.3 is 5.97 Å². The molecule has 0 bridgehead atoms. The van der Waals surface area contributed by atoms with Gasteiger partial charge in [0.05, 0.1) is 0 Å². The summed E-state index contributed by atoms with van der Waals surface area (Å²) in [6, 6.07) is 10.6. The first-order valence-corrected chi connectivity index (χ1v) is 5.96. The second-order valence-electron chi connectivity index (χ2n) is 3.82. The summed E-state index contributed by atoms with van der Waals surface area (Å²) < 4.78 is 0. The van der Waals surface area contributed by atoms with Gasteiger partial charge in [-0.05, 0) is 12.1 Å². The molecule has 1 fully saturated rings. The van der Waals surface area contributed by atoms with Crippen molar-refractivity contribution in [2.45, 2.75) is 13.3 Å². The minimum absolute atomic E-state index is 0.222. The van der Waals surface area contributed by atoms with Crippen LogP contribution in [-0.2, 0) is 4.79 Å².